The molecule has 0 atom stereocenters. The van der Waals surface area contributed by atoms with Crippen LogP contribution in [0.5, 0.6) is 0 Å². The number of hydrogen-bond donors (Lipinski definition) is 0. The fourth-order valence-electron chi connectivity index (χ4n) is 1.39. The van der Waals surface area contributed by atoms with Gasteiger partial charge in [-0.1, -0.05) is 39.0 Å². The Kier molecular flexibility index (Phi) is 9.94. The smallest absolute Gasteiger partial charge is 0.211 e. The van der Waals surface area contributed by atoms with Gasteiger partial charge in [0, 0.05) is 0 Å². The number of aliphatic imine (C=N–C) groups is 2. The summed E-state index contributed by atoms with van der Waals surface area (Å²) in [6.45, 7) is 2.17. The summed E-state index contributed by atoms with van der Waals surface area (Å²) < 4.78 is 0. The van der Waals surface area contributed by atoms with Crippen LogP contribution in [-0.2, 0) is 9.59 Å². The van der Waals surface area contributed by atoms with Crippen LogP contribution in [0.25, 0.3) is 0 Å². The van der Waals surface area contributed by atoms with E-state index in [-0.39, 0.29) is 0 Å². The molecule has 0 N–H and O–H groups in total. The quantitative estimate of drug-likeness (QED) is 0.334. The molecule has 0 heterocycles. The lowest BCUT2D eigenvalue weighted by Gasteiger charge is -2.02. The number of rotatable bonds is 9. The SMILES string of the molecule is CCCCCCCCC(N=C=O)N=C=O. The van der Waals surface area contributed by atoms with E-state index in [0.29, 0.717) is 6.42 Å². The van der Waals surface area contributed by atoms with Crippen LogP contribution in [0.2, 0.25) is 0 Å². The fourth-order valence-corrected chi connectivity index (χ4v) is 1.39. The highest BCUT2D eigenvalue weighted by Crippen LogP contribution is 2.10. The van der Waals surface area contributed by atoms with Crippen LogP contribution in [-0.4, -0.2) is 18.3 Å². The van der Waals surface area contributed by atoms with E-state index < -0.39 is 6.17 Å². The lowest BCUT2D eigenvalue weighted by Crippen LogP contribution is -1.99. The third-order valence-electron chi connectivity index (χ3n) is 2.22. The van der Waals surface area contributed by atoms with Crippen LogP contribution in [0.4, 0.5) is 0 Å². The average Bonchev–Trinajstić information content (AvgIpc) is 2.24. The van der Waals surface area contributed by atoms with Crippen LogP contribution in [0.15, 0.2) is 9.98 Å². The van der Waals surface area contributed by atoms with Gasteiger partial charge in [-0.15, -0.1) is 0 Å². The number of nitrogens with zero attached hydrogens (tertiary/aromatic N) is 2. The molecule has 0 aromatic rings. The van der Waals surface area contributed by atoms with Crippen molar-refractivity contribution in [2.75, 3.05) is 0 Å². The van der Waals surface area contributed by atoms with E-state index in [4.69, 9.17) is 0 Å². The van der Waals surface area contributed by atoms with E-state index in [1.165, 1.54) is 37.8 Å². The van der Waals surface area contributed by atoms with Gasteiger partial charge in [0.25, 0.3) is 0 Å². The van der Waals surface area contributed by atoms with Crippen molar-refractivity contribution in [1.82, 2.24) is 0 Å². The molecule has 15 heavy (non-hydrogen) atoms. The van der Waals surface area contributed by atoms with Crippen LogP contribution in [0.1, 0.15) is 51.9 Å². The summed E-state index contributed by atoms with van der Waals surface area (Å²) in [5.41, 5.74) is 0. The summed E-state index contributed by atoms with van der Waals surface area (Å²) in [6.07, 6.45) is 9.87. The Balaban J connectivity index is 3.53. The predicted molar refractivity (Wildman–Crippen MR) is 58.0 cm³/mol. The number of carbonyl (C=O) groups excluding carboxylic acids is 2. The Hall–Kier alpha value is -1.24. The van der Waals surface area contributed by atoms with Gasteiger partial charge in [-0.3, -0.25) is 0 Å². The molecule has 0 radical (unpaired) electrons. The van der Waals surface area contributed by atoms with E-state index in [1.807, 2.05) is 0 Å². The van der Waals surface area contributed by atoms with Gasteiger partial charge in [-0.25, -0.2) is 9.59 Å². The third kappa shape index (κ3) is 9.07. The highest BCUT2D eigenvalue weighted by atomic mass is 16.1. The topological polar surface area (TPSA) is 58.9 Å². The van der Waals surface area contributed by atoms with Gasteiger partial charge in [0.2, 0.25) is 12.2 Å². The number of hydrogen-bond acceptors (Lipinski definition) is 4. The maximum Gasteiger partial charge on any atom is 0.237 e. The van der Waals surface area contributed by atoms with Crippen molar-refractivity contribution in [3.05, 3.63) is 0 Å². The van der Waals surface area contributed by atoms with Gasteiger partial charge in [0.1, 0.15) is 0 Å². The van der Waals surface area contributed by atoms with E-state index in [2.05, 4.69) is 16.9 Å². The van der Waals surface area contributed by atoms with Gasteiger partial charge < -0.3 is 0 Å². The van der Waals surface area contributed by atoms with Crippen molar-refractivity contribution in [1.29, 1.82) is 0 Å². The van der Waals surface area contributed by atoms with E-state index >= 15 is 0 Å². The maximum atomic E-state index is 9.98. The second-order valence-electron chi connectivity index (χ2n) is 3.48. The van der Waals surface area contributed by atoms with Gasteiger partial charge in [0.15, 0.2) is 6.17 Å². The molecule has 0 aromatic carbocycles. The highest BCUT2D eigenvalue weighted by Gasteiger charge is 2.03. The second-order valence-corrected chi connectivity index (χ2v) is 3.48. The molecule has 0 rings (SSSR count). The molecular formula is C11H18N2O2. The van der Waals surface area contributed by atoms with Crippen LogP contribution in [0.3, 0.4) is 0 Å². The minimum absolute atomic E-state index is 0.564. The Labute approximate surface area is 90.5 Å². The maximum absolute atomic E-state index is 9.98. The molecule has 4 heteroatoms. The first-order valence-electron chi connectivity index (χ1n) is 5.49. The van der Waals surface area contributed by atoms with Gasteiger partial charge in [-0.05, 0) is 12.8 Å². The molecule has 0 amide bonds. The molecule has 0 saturated carbocycles. The zero-order valence-electron chi connectivity index (χ0n) is 9.24. The fraction of sp³-hybridized carbons (Fsp3) is 0.818. The van der Waals surface area contributed by atoms with Gasteiger partial charge in [-0.2, -0.15) is 9.98 Å². The summed E-state index contributed by atoms with van der Waals surface area (Å²) in [7, 11) is 0. The molecule has 0 fully saturated rings. The second kappa shape index (κ2) is 10.8. The first kappa shape index (κ1) is 13.8. The van der Waals surface area contributed by atoms with Crippen molar-refractivity contribution in [3.63, 3.8) is 0 Å². The first-order valence-corrected chi connectivity index (χ1v) is 5.49. The average molecular weight is 210 g/mol. The molecule has 4 nitrogen and oxygen atoms in total. The third-order valence-corrected chi connectivity index (χ3v) is 2.22. The lowest BCUT2D eigenvalue weighted by molar-refractivity contribution is 0.521. The molecule has 0 aliphatic carbocycles. The van der Waals surface area contributed by atoms with Crippen LogP contribution < -0.4 is 0 Å². The molecular weight excluding hydrogens is 192 g/mol. The number of unbranched alkanes of at least 4 members (excludes halogenated alkanes) is 5. The Bertz CT molecular complexity index is 223. The van der Waals surface area contributed by atoms with Crippen molar-refractivity contribution in [3.8, 4) is 0 Å². The molecule has 0 unspecified atom stereocenters. The molecule has 0 saturated heterocycles. The van der Waals surface area contributed by atoms with E-state index in [0.717, 1.165) is 12.8 Å². The number of isocyanates is 2. The first-order chi connectivity index (χ1) is 7.35. The van der Waals surface area contributed by atoms with Gasteiger partial charge >= 0.3 is 0 Å². The Morgan fingerprint density at radius 2 is 1.47 bits per heavy atom. The molecule has 0 aliphatic rings. The monoisotopic (exact) mass is 210 g/mol. The van der Waals surface area contributed by atoms with Crippen LogP contribution >= 0.6 is 0 Å². The molecule has 0 spiro atoms. The largest absolute Gasteiger partial charge is 0.237 e. The minimum atomic E-state index is -0.564. The van der Waals surface area contributed by atoms with Crippen molar-refractivity contribution >= 4 is 12.2 Å². The van der Waals surface area contributed by atoms with Crippen LogP contribution in [0, 0.1) is 0 Å². The van der Waals surface area contributed by atoms with Crippen molar-refractivity contribution < 1.29 is 9.59 Å². The van der Waals surface area contributed by atoms with Crippen molar-refractivity contribution in [2.45, 2.75) is 58.0 Å². The zero-order chi connectivity index (χ0) is 11.4. The Morgan fingerprint density at radius 1 is 0.933 bits per heavy atom. The lowest BCUT2D eigenvalue weighted by atomic mass is 10.1. The molecule has 0 aliphatic heterocycles. The normalized spacial score (nSPS) is 11.3. The van der Waals surface area contributed by atoms with Crippen molar-refractivity contribution in [2.24, 2.45) is 9.98 Å². The van der Waals surface area contributed by atoms with E-state index in [1.54, 1.807) is 0 Å². The zero-order valence-corrected chi connectivity index (χ0v) is 9.24. The molecule has 0 bridgehead atoms. The summed E-state index contributed by atoms with van der Waals surface area (Å²) in [4.78, 5) is 26.8. The predicted octanol–water partition coefficient (Wildman–Crippen LogP) is 2.73. The summed E-state index contributed by atoms with van der Waals surface area (Å²) in [5.74, 6) is 0. The van der Waals surface area contributed by atoms with E-state index in [9.17, 15) is 9.59 Å². The summed E-state index contributed by atoms with van der Waals surface area (Å²) in [5, 5.41) is 0. The standard InChI is InChI=1S/C11H18N2O2/c1-2-3-4-5-6-7-8-11(12-9-14)13-10-15/h11H,2-8H2,1H3. The summed E-state index contributed by atoms with van der Waals surface area (Å²) in [6, 6.07) is 0. The summed E-state index contributed by atoms with van der Waals surface area (Å²) >= 11 is 0. The molecule has 0 aromatic heterocycles. The highest BCUT2D eigenvalue weighted by molar-refractivity contribution is 5.36. The minimum Gasteiger partial charge on any atom is -0.211 e. The van der Waals surface area contributed by atoms with Gasteiger partial charge in [0.05, 0.1) is 0 Å². The Morgan fingerprint density at radius 3 is 2.00 bits per heavy atom. The molecule has 84 valence electrons.